The van der Waals surface area contributed by atoms with Crippen molar-refractivity contribution < 1.29 is 9.13 Å². The number of alkyl halides is 1. The topological polar surface area (TPSA) is 38.2 Å². The van der Waals surface area contributed by atoms with Crippen LogP contribution in [0.5, 0.6) is 0 Å². The molecular weight excluding hydrogens is 233 g/mol. The second-order valence-corrected chi connectivity index (χ2v) is 5.18. The first-order valence-corrected chi connectivity index (χ1v) is 6.30. The van der Waals surface area contributed by atoms with Crippen LogP contribution >= 0.6 is 0 Å². The molecule has 0 N–H and O–H groups in total. The molecule has 1 fully saturated rings. The number of nitrogens with zero attached hydrogens (tertiary/aromatic N) is 3. The van der Waals surface area contributed by atoms with E-state index in [-0.39, 0.29) is 12.5 Å². The molecule has 0 saturated carbocycles. The largest absolute Gasteiger partial charge is 0.381 e. The molecule has 0 aliphatic carbocycles. The molecule has 0 bridgehead atoms. The maximum Gasteiger partial charge on any atom is 0.153 e. The van der Waals surface area contributed by atoms with E-state index in [4.69, 9.17) is 4.74 Å². The van der Waals surface area contributed by atoms with E-state index < -0.39 is 5.67 Å². The lowest BCUT2D eigenvalue weighted by atomic mass is 10.1. The van der Waals surface area contributed by atoms with Gasteiger partial charge in [-0.1, -0.05) is 13.8 Å². The zero-order valence-corrected chi connectivity index (χ0v) is 11.2. The van der Waals surface area contributed by atoms with Gasteiger partial charge in [0, 0.05) is 32.2 Å². The second-order valence-electron chi connectivity index (χ2n) is 5.18. The molecule has 100 valence electrons. The third-order valence-electron chi connectivity index (χ3n) is 3.21. The second kappa shape index (κ2) is 5.18. The Kier molecular flexibility index (Phi) is 3.80. The summed E-state index contributed by atoms with van der Waals surface area (Å²) in [5.74, 6) is 1.89. The highest BCUT2D eigenvalue weighted by atomic mass is 19.1. The quantitative estimate of drug-likeness (QED) is 0.824. The van der Waals surface area contributed by atoms with Crippen LogP contribution < -0.4 is 4.90 Å². The molecule has 1 aromatic rings. The Balaban J connectivity index is 2.12. The number of halogens is 1. The average molecular weight is 253 g/mol. The lowest BCUT2D eigenvalue weighted by Crippen LogP contribution is -2.33. The van der Waals surface area contributed by atoms with Crippen molar-refractivity contribution in [1.82, 2.24) is 9.97 Å². The van der Waals surface area contributed by atoms with Crippen molar-refractivity contribution in [2.24, 2.45) is 0 Å². The predicted molar refractivity (Wildman–Crippen MR) is 68.7 cm³/mol. The molecule has 5 heteroatoms. The first-order valence-electron chi connectivity index (χ1n) is 6.30. The Morgan fingerprint density at radius 3 is 3.00 bits per heavy atom. The molecule has 1 aromatic heterocycles. The molecule has 4 nitrogen and oxygen atoms in total. The fourth-order valence-corrected chi connectivity index (χ4v) is 2.23. The molecule has 1 aliphatic rings. The molecule has 0 aromatic carbocycles. The number of aromatic nitrogens is 2. The number of hydrogen-bond donors (Lipinski definition) is 0. The van der Waals surface area contributed by atoms with Gasteiger partial charge in [-0.25, -0.2) is 14.4 Å². The van der Waals surface area contributed by atoms with Crippen LogP contribution in [0.2, 0.25) is 0 Å². The monoisotopic (exact) mass is 253 g/mol. The summed E-state index contributed by atoms with van der Waals surface area (Å²) in [5, 5.41) is 0. The van der Waals surface area contributed by atoms with Gasteiger partial charge in [-0.05, 0) is 6.07 Å². The van der Waals surface area contributed by atoms with Crippen LogP contribution in [0.15, 0.2) is 12.3 Å². The van der Waals surface area contributed by atoms with Gasteiger partial charge in [0.05, 0.1) is 13.2 Å². The normalized spacial score (nSPS) is 23.9. The summed E-state index contributed by atoms with van der Waals surface area (Å²) in [7, 11) is 1.53. The van der Waals surface area contributed by atoms with Gasteiger partial charge in [-0.3, -0.25) is 0 Å². The highest BCUT2D eigenvalue weighted by molar-refractivity contribution is 5.40. The first-order chi connectivity index (χ1) is 8.54. The molecule has 2 heterocycles. The highest BCUT2D eigenvalue weighted by Crippen LogP contribution is 2.29. The summed E-state index contributed by atoms with van der Waals surface area (Å²) < 4.78 is 19.2. The number of ether oxygens (including phenoxy) is 1. The van der Waals surface area contributed by atoms with Crippen molar-refractivity contribution in [3.8, 4) is 0 Å². The SMILES string of the molecule is COCC1(F)CCN(c2ccnc(C(C)C)n2)C1. The van der Waals surface area contributed by atoms with Gasteiger partial charge >= 0.3 is 0 Å². The minimum Gasteiger partial charge on any atom is -0.381 e. The van der Waals surface area contributed by atoms with E-state index in [0.717, 1.165) is 11.6 Å². The maximum atomic E-state index is 14.3. The van der Waals surface area contributed by atoms with E-state index in [1.165, 1.54) is 7.11 Å². The van der Waals surface area contributed by atoms with E-state index >= 15 is 0 Å². The van der Waals surface area contributed by atoms with E-state index in [1.54, 1.807) is 6.20 Å². The minimum absolute atomic E-state index is 0.144. The summed E-state index contributed by atoms with van der Waals surface area (Å²) in [4.78, 5) is 10.7. The van der Waals surface area contributed by atoms with E-state index in [0.29, 0.717) is 19.5 Å². The smallest absolute Gasteiger partial charge is 0.153 e. The summed E-state index contributed by atoms with van der Waals surface area (Å²) in [6.45, 7) is 5.26. The molecular formula is C13H20FN3O. The minimum atomic E-state index is -1.25. The molecule has 0 amide bonds. The molecule has 1 saturated heterocycles. The predicted octanol–water partition coefficient (Wildman–Crippen LogP) is 2.16. The van der Waals surface area contributed by atoms with Gasteiger partial charge in [-0.15, -0.1) is 0 Å². The molecule has 18 heavy (non-hydrogen) atoms. The van der Waals surface area contributed by atoms with Crippen molar-refractivity contribution >= 4 is 5.82 Å². The van der Waals surface area contributed by atoms with Crippen LogP contribution in [-0.2, 0) is 4.74 Å². The van der Waals surface area contributed by atoms with Crippen molar-refractivity contribution in [3.63, 3.8) is 0 Å². The van der Waals surface area contributed by atoms with Crippen molar-refractivity contribution in [2.75, 3.05) is 31.7 Å². The summed E-state index contributed by atoms with van der Waals surface area (Å²) in [6, 6.07) is 1.84. The van der Waals surface area contributed by atoms with Crippen molar-refractivity contribution in [3.05, 3.63) is 18.1 Å². The number of rotatable bonds is 4. The van der Waals surface area contributed by atoms with Crippen LogP contribution in [0.25, 0.3) is 0 Å². The summed E-state index contributed by atoms with van der Waals surface area (Å²) in [6.07, 6.45) is 2.23. The highest BCUT2D eigenvalue weighted by Gasteiger charge is 2.39. The van der Waals surface area contributed by atoms with Crippen LogP contribution in [0.3, 0.4) is 0 Å². The summed E-state index contributed by atoms with van der Waals surface area (Å²) in [5.41, 5.74) is -1.25. The van der Waals surface area contributed by atoms with Crippen molar-refractivity contribution in [2.45, 2.75) is 31.9 Å². The fourth-order valence-electron chi connectivity index (χ4n) is 2.23. The van der Waals surface area contributed by atoms with Gasteiger partial charge in [0.15, 0.2) is 5.67 Å². The molecule has 0 spiro atoms. The van der Waals surface area contributed by atoms with Crippen LogP contribution in [0.4, 0.5) is 10.2 Å². The molecule has 1 atom stereocenters. The third-order valence-corrected chi connectivity index (χ3v) is 3.21. The van der Waals surface area contributed by atoms with E-state index in [9.17, 15) is 4.39 Å². The van der Waals surface area contributed by atoms with Crippen LogP contribution in [0.1, 0.15) is 32.0 Å². The Bertz CT molecular complexity index is 413. The van der Waals surface area contributed by atoms with Gasteiger partial charge in [0.2, 0.25) is 0 Å². The van der Waals surface area contributed by atoms with Gasteiger partial charge in [0.1, 0.15) is 11.6 Å². The summed E-state index contributed by atoms with van der Waals surface area (Å²) >= 11 is 0. The Morgan fingerprint density at radius 1 is 1.56 bits per heavy atom. The Hall–Kier alpha value is -1.23. The van der Waals surface area contributed by atoms with Gasteiger partial charge in [-0.2, -0.15) is 0 Å². The van der Waals surface area contributed by atoms with Crippen molar-refractivity contribution in [1.29, 1.82) is 0 Å². The first kappa shape index (κ1) is 13.2. The van der Waals surface area contributed by atoms with E-state index in [2.05, 4.69) is 9.97 Å². The standard InChI is InChI=1S/C13H20FN3O/c1-10(2)12-15-6-4-11(16-12)17-7-5-13(14,8-17)9-18-3/h4,6,10H,5,7-9H2,1-3H3. The Labute approximate surface area is 107 Å². The number of methoxy groups -OCH3 is 1. The fraction of sp³-hybridized carbons (Fsp3) is 0.692. The number of anilines is 1. The maximum absolute atomic E-state index is 14.3. The molecule has 0 radical (unpaired) electrons. The number of hydrogen-bond acceptors (Lipinski definition) is 4. The average Bonchev–Trinajstić information content (AvgIpc) is 2.72. The zero-order valence-electron chi connectivity index (χ0n) is 11.2. The zero-order chi connectivity index (χ0) is 13.2. The van der Waals surface area contributed by atoms with E-state index in [1.807, 2.05) is 24.8 Å². The molecule has 2 rings (SSSR count). The van der Waals surface area contributed by atoms with Gasteiger partial charge < -0.3 is 9.64 Å². The Morgan fingerprint density at radius 2 is 2.33 bits per heavy atom. The molecule has 1 unspecified atom stereocenters. The third kappa shape index (κ3) is 2.77. The lowest BCUT2D eigenvalue weighted by molar-refractivity contribution is 0.0570. The lowest BCUT2D eigenvalue weighted by Gasteiger charge is -2.21. The molecule has 1 aliphatic heterocycles. The van der Waals surface area contributed by atoms with Gasteiger partial charge in [0.25, 0.3) is 0 Å². The van der Waals surface area contributed by atoms with Crippen LogP contribution in [0, 0.1) is 0 Å². The van der Waals surface area contributed by atoms with Crippen LogP contribution in [-0.4, -0.2) is 42.4 Å².